The predicted molar refractivity (Wildman–Crippen MR) is 63.1 cm³/mol. The Morgan fingerprint density at radius 3 is 2.94 bits per heavy atom. The number of methoxy groups -OCH3 is 1. The van der Waals surface area contributed by atoms with Crippen molar-refractivity contribution < 1.29 is 9.13 Å². The molecule has 0 radical (unpaired) electrons. The van der Waals surface area contributed by atoms with Crippen molar-refractivity contribution in [3.63, 3.8) is 0 Å². The normalized spacial score (nSPS) is 12.8. The minimum Gasteiger partial charge on any atom is -0.383 e. The molecule has 3 nitrogen and oxygen atoms in total. The molecule has 1 unspecified atom stereocenters. The zero-order valence-corrected chi connectivity index (χ0v) is 9.93. The molecule has 5 heteroatoms. The quantitative estimate of drug-likeness (QED) is 0.752. The van der Waals surface area contributed by atoms with E-state index < -0.39 is 0 Å². The zero-order valence-electron chi connectivity index (χ0n) is 9.17. The molecule has 0 aliphatic rings. The Balaban J connectivity index is 2.73. The number of rotatable bonds is 6. The average molecular weight is 247 g/mol. The Kier molecular flexibility index (Phi) is 5.69. The lowest BCUT2D eigenvalue weighted by Crippen LogP contribution is -2.31. The molecule has 0 amide bonds. The van der Waals surface area contributed by atoms with Gasteiger partial charge in [0, 0.05) is 36.8 Å². The lowest BCUT2D eigenvalue weighted by molar-refractivity contribution is 0.195. The van der Waals surface area contributed by atoms with E-state index in [0.717, 1.165) is 0 Å². The number of nitrogens with two attached hydrogens (primary N) is 1. The molecule has 1 rings (SSSR count). The van der Waals surface area contributed by atoms with E-state index in [1.807, 2.05) is 0 Å². The standard InChI is InChI=1S/C11H16ClFN2O/c1-16-5-4-15-11(7-14)9-6-8(12)2-3-10(9)13/h2-3,6,11,15H,4-5,7,14H2,1H3. The van der Waals surface area contributed by atoms with Gasteiger partial charge in [0.2, 0.25) is 0 Å². The van der Waals surface area contributed by atoms with Gasteiger partial charge in [-0.25, -0.2) is 4.39 Å². The van der Waals surface area contributed by atoms with E-state index in [2.05, 4.69) is 5.32 Å². The Hall–Kier alpha value is -0.680. The fourth-order valence-electron chi connectivity index (χ4n) is 1.44. The van der Waals surface area contributed by atoms with Crippen LogP contribution in [0.4, 0.5) is 4.39 Å². The smallest absolute Gasteiger partial charge is 0.128 e. The minimum absolute atomic E-state index is 0.242. The molecule has 0 fully saturated rings. The monoisotopic (exact) mass is 246 g/mol. The fourth-order valence-corrected chi connectivity index (χ4v) is 1.62. The molecular weight excluding hydrogens is 231 g/mol. The van der Waals surface area contributed by atoms with Crippen molar-refractivity contribution in [3.05, 3.63) is 34.6 Å². The van der Waals surface area contributed by atoms with Gasteiger partial charge in [-0.1, -0.05) is 11.6 Å². The molecule has 0 aliphatic carbocycles. The first kappa shape index (κ1) is 13.4. The first-order valence-corrected chi connectivity index (χ1v) is 5.44. The summed E-state index contributed by atoms with van der Waals surface area (Å²) in [6.45, 7) is 1.48. The van der Waals surface area contributed by atoms with Crippen molar-refractivity contribution in [1.29, 1.82) is 0 Å². The van der Waals surface area contributed by atoms with Gasteiger partial charge in [-0.05, 0) is 18.2 Å². The molecule has 0 bridgehead atoms. The Morgan fingerprint density at radius 2 is 2.31 bits per heavy atom. The van der Waals surface area contributed by atoms with E-state index in [1.54, 1.807) is 13.2 Å². The molecule has 0 heterocycles. The Morgan fingerprint density at radius 1 is 1.56 bits per heavy atom. The zero-order chi connectivity index (χ0) is 12.0. The molecule has 0 saturated carbocycles. The van der Waals surface area contributed by atoms with Crippen molar-refractivity contribution in [3.8, 4) is 0 Å². The summed E-state index contributed by atoms with van der Waals surface area (Å²) in [5, 5.41) is 3.61. The topological polar surface area (TPSA) is 47.3 Å². The summed E-state index contributed by atoms with van der Waals surface area (Å²) in [4.78, 5) is 0. The van der Waals surface area contributed by atoms with Gasteiger partial charge in [0.05, 0.1) is 6.61 Å². The van der Waals surface area contributed by atoms with E-state index in [9.17, 15) is 4.39 Å². The number of benzene rings is 1. The molecule has 0 saturated heterocycles. The highest BCUT2D eigenvalue weighted by Gasteiger charge is 2.13. The molecule has 1 atom stereocenters. The summed E-state index contributed by atoms with van der Waals surface area (Å²) >= 11 is 5.82. The van der Waals surface area contributed by atoms with Crippen LogP contribution in [0.3, 0.4) is 0 Å². The molecule has 90 valence electrons. The second-order valence-electron chi connectivity index (χ2n) is 3.40. The third kappa shape index (κ3) is 3.72. The third-order valence-corrected chi connectivity index (χ3v) is 2.50. The van der Waals surface area contributed by atoms with Crippen molar-refractivity contribution in [1.82, 2.24) is 5.32 Å². The maximum Gasteiger partial charge on any atom is 0.128 e. The van der Waals surface area contributed by atoms with Crippen LogP contribution in [0, 0.1) is 5.82 Å². The lowest BCUT2D eigenvalue weighted by Gasteiger charge is -2.17. The van der Waals surface area contributed by atoms with Crippen LogP contribution in [-0.2, 0) is 4.74 Å². The molecule has 1 aromatic carbocycles. The van der Waals surface area contributed by atoms with Gasteiger partial charge in [0.25, 0.3) is 0 Å². The Labute approximate surface area is 99.7 Å². The third-order valence-electron chi connectivity index (χ3n) is 2.27. The highest BCUT2D eigenvalue weighted by atomic mass is 35.5. The summed E-state index contributed by atoms with van der Waals surface area (Å²) in [5.41, 5.74) is 6.08. The van der Waals surface area contributed by atoms with Crippen LogP contribution in [-0.4, -0.2) is 26.8 Å². The van der Waals surface area contributed by atoms with Crippen LogP contribution in [0.1, 0.15) is 11.6 Å². The maximum atomic E-state index is 13.5. The van der Waals surface area contributed by atoms with E-state index >= 15 is 0 Å². The highest BCUT2D eigenvalue weighted by molar-refractivity contribution is 6.30. The molecule has 0 aliphatic heterocycles. The summed E-state index contributed by atoms with van der Waals surface area (Å²) in [6.07, 6.45) is 0. The predicted octanol–water partition coefficient (Wildman–Crippen LogP) is 1.71. The SMILES string of the molecule is COCCNC(CN)c1cc(Cl)ccc1F. The molecule has 0 spiro atoms. The summed E-state index contributed by atoms with van der Waals surface area (Å²) in [7, 11) is 1.61. The molecule has 3 N–H and O–H groups in total. The van der Waals surface area contributed by atoms with Crippen LogP contribution < -0.4 is 11.1 Å². The van der Waals surface area contributed by atoms with E-state index in [1.165, 1.54) is 12.1 Å². The largest absolute Gasteiger partial charge is 0.383 e. The van der Waals surface area contributed by atoms with Gasteiger partial charge in [-0.3, -0.25) is 0 Å². The van der Waals surface area contributed by atoms with Crippen molar-refractivity contribution >= 4 is 11.6 Å². The number of hydrogen-bond donors (Lipinski definition) is 2. The van der Waals surface area contributed by atoms with Crippen LogP contribution in [0.2, 0.25) is 5.02 Å². The summed E-state index contributed by atoms with van der Waals surface area (Å²) in [5.74, 6) is -0.301. The number of nitrogens with one attached hydrogen (secondary N) is 1. The lowest BCUT2D eigenvalue weighted by atomic mass is 10.1. The maximum absolute atomic E-state index is 13.5. The van der Waals surface area contributed by atoms with Gasteiger partial charge in [-0.15, -0.1) is 0 Å². The van der Waals surface area contributed by atoms with Crippen molar-refractivity contribution in [2.75, 3.05) is 26.8 Å². The van der Waals surface area contributed by atoms with E-state index in [-0.39, 0.29) is 11.9 Å². The van der Waals surface area contributed by atoms with Crippen LogP contribution in [0.5, 0.6) is 0 Å². The van der Waals surface area contributed by atoms with E-state index in [4.69, 9.17) is 22.1 Å². The first-order chi connectivity index (χ1) is 7.69. The number of ether oxygens (including phenoxy) is 1. The second-order valence-corrected chi connectivity index (χ2v) is 3.84. The number of hydrogen-bond acceptors (Lipinski definition) is 3. The van der Waals surface area contributed by atoms with Crippen LogP contribution >= 0.6 is 11.6 Å². The van der Waals surface area contributed by atoms with E-state index in [0.29, 0.717) is 30.3 Å². The van der Waals surface area contributed by atoms with Gasteiger partial charge in [-0.2, -0.15) is 0 Å². The van der Waals surface area contributed by atoms with Crippen molar-refractivity contribution in [2.24, 2.45) is 5.73 Å². The second kappa shape index (κ2) is 6.81. The Bertz CT molecular complexity index is 336. The summed E-state index contributed by atoms with van der Waals surface area (Å²) < 4.78 is 18.4. The molecule has 1 aromatic rings. The molecule has 0 aromatic heterocycles. The van der Waals surface area contributed by atoms with Gasteiger partial charge in [0.1, 0.15) is 5.82 Å². The van der Waals surface area contributed by atoms with Crippen LogP contribution in [0.15, 0.2) is 18.2 Å². The fraction of sp³-hybridized carbons (Fsp3) is 0.455. The van der Waals surface area contributed by atoms with Gasteiger partial charge >= 0.3 is 0 Å². The first-order valence-electron chi connectivity index (χ1n) is 5.06. The minimum atomic E-state index is -0.301. The summed E-state index contributed by atoms with van der Waals surface area (Å²) in [6, 6.07) is 4.21. The van der Waals surface area contributed by atoms with Gasteiger partial charge in [0.15, 0.2) is 0 Å². The molecule has 16 heavy (non-hydrogen) atoms. The van der Waals surface area contributed by atoms with Gasteiger partial charge < -0.3 is 15.8 Å². The van der Waals surface area contributed by atoms with Crippen LogP contribution in [0.25, 0.3) is 0 Å². The average Bonchev–Trinajstić information content (AvgIpc) is 2.28. The highest BCUT2D eigenvalue weighted by Crippen LogP contribution is 2.20. The van der Waals surface area contributed by atoms with Crippen molar-refractivity contribution in [2.45, 2.75) is 6.04 Å². The number of halogens is 2. The molecular formula is C11H16ClFN2O.